The molecule has 5 heteroatoms. The van der Waals surface area contributed by atoms with Crippen molar-refractivity contribution >= 4 is 39.7 Å². The van der Waals surface area contributed by atoms with E-state index < -0.39 is 0 Å². The molecule has 2 N–H and O–H groups in total. The number of halogens is 1. The van der Waals surface area contributed by atoms with Crippen molar-refractivity contribution in [2.75, 3.05) is 31.1 Å². The summed E-state index contributed by atoms with van der Waals surface area (Å²) in [7, 11) is 0. The molecule has 1 aliphatic rings. The zero-order valence-electron chi connectivity index (χ0n) is 12.9. The lowest BCUT2D eigenvalue weighted by Gasteiger charge is -2.28. The van der Waals surface area contributed by atoms with Crippen LogP contribution in [0.1, 0.15) is 4.88 Å². The Kier molecular flexibility index (Phi) is 4.21. The predicted octanol–water partition coefficient (Wildman–Crippen LogP) is 2.27. The van der Waals surface area contributed by atoms with Crippen molar-refractivity contribution in [3.05, 3.63) is 57.7 Å². The average molecular weight is 346 g/mol. The number of aromatic nitrogens is 1. The molecule has 0 amide bonds. The average Bonchev–Trinajstić information content (AvgIpc) is 3.00. The number of thiophene rings is 1. The van der Waals surface area contributed by atoms with E-state index in [1.165, 1.54) is 21.6 Å². The highest BCUT2D eigenvalue weighted by molar-refractivity contribution is 7.16. The van der Waals surface area contributed by atoms with Gasteiger partial charge >= 0.3 is 0 Å². The molecule has 3 aromatic rings. The van der Waals surface area contributed by atoms with Crippen LogP contribution in [0, 0.1) is 0 Å². The Morgan fingerprint density at radius 1 is 1.04 bits per heavy atom. The van der Waals surface area contributed by atoms with Gasteiger partial charge in [0.2, 0.25) is 0 Å². The van der Waals surface area contributed by atoms with Crippen LogP contribution >= 0.6 is 22.9 Å². The third-order valence-corrected chi connectivity index (χ3v) is 5.74. The summed E-state index contributed by atoms with van der Waals surface area (Å²) >= 11 is 7.73. The molecule has 1 saturated heterocycles. The van der Waals surface area contributed by atoms with Gasteiger partial charge < -0.3 is 4.90 Å². The maximum absolute atomic E-state index is 6.03. The van der Waals surface area contributed by atoms with Crippen molar-refractivity contribution in [3.63, 3.8) is 0 Å². The van der Waals surface area contributed by atoms with Gasteiger partial charge in [-0.15, -0.1) is 11.3 Å². The van der Waals surface area contributed by atoms with Gasteiger partial charge in [-0.05, 0) is 24.3 Å². The van der Waals surface area contributed by atoms with E-state index in [1.807, 2.05) is 6.07 Å². The highest BCUT2D eigenvalue weighted by Gasteiger charge is 2.26. The van der Waals surface area contributed by atoms with Crippen LogP contribution in [-0.2, 0) is 6.54 Å². The molecule has 0 spiro atoms. The third-order valence-electron chi connectivity index (χ3n) is 4.51. The van der Waals surface area contributed by atoms with E-state index in [0.717, 1.165) is 37.1 Å². The van der Waals surface area contributed by atoms with Crippen molar-refractivity contribution in [1.82, 2.24) is 0 Å². The number of piperazine rings is 1. The minimum absolute atomic E-state index is 0.892. The fourth-order valence-corrected chi connectivity index (χ4v) is 4.38. The number of quaternary nitrogens is 1. The van der Waals surface area contributed by atoms with Crippen molar-refractivity contribution in [3.8, 4) is 0 Å². The fourth-order valence-electron chi connectivity index (χ4n) is 3.22. The smallest absolute Gasteiger partial charge is 0.275 e. The van der Waals surface area contributed by atoms with Crippen LogP contribution < -0.4 is 14.8 Å². The van der Waals surface area contributed by atoms with E-state index in [-0.39, 0.29) is 0 Å². The van der Waals surface area contributed by atoms with Crippen LogP contribution in [-0.4, -0.2) is 26.2 Å². The molecular formula is C18H20ClN3S+2. The number of hydrogen-bond acceptors (Lipinski definition) is 2. The standard InChI is InChI=1S/C18H18ClN3S/c19-17-7-6-15(23-17)13-21-9-11-22(12-10-21)18-8-5-14-3-1-2-4-16(14)20-18/h1-8H,9-13H2/p+2. The maximum atomic E-state index is 6.03. The number of nitrogens with zero attached hydrogens (tertiary/aromatic N) is 1. The molecule has 0 radical (unpaired) electrons. The monoisotopic (exact) mass is 345 g/mol. The molecule has 3 nitrogen and oxygen atoms in total. The Bertz CT molecular complexity index is 809. The molecular weight excluding hydrogens is 326 g/mol. The van der Waals surface area contributed by atoms with Gasteiger partial charge in [-0.2, -0.15) is 0 Å². The second-order valence-corrected chi connectivity index (χ2v) is 7.85. The number of H-pyrrole nitrogens is 1. The van der Waals surface area contributed by atoms with Crippen molar-refractivity contribution in [2.45, 2.75) is 6.54 Å². The summed E-state index contributed by atoms with van der Waals surface area (Å²) < 4.78 is 0.892. The fraction of sp³-hybridized carbons (Fsp3) is 0.278. The van der Waals surface area contributed by atoms with Gasteiger partial charge in [0.05, 0.1) is 9.21 Å². The van der Waals surface area contributed by atoms with E-state index >= 15 is 0 Å². The van der Waals surface area contributed by atoms with E-state index in [4.69, 9.17) is 11.6 Å². The van der Waals surface area contributed by atoms with Gasteiger partial charge in [-0.3, -0.25) is 4.90 Å². The van der Waals surface area contributed by atoms with Gasteiger partial charge in [0.25, 0.3) is 5.82 Å². The lowest BCUT2D eigenvalue weighted by atomic mass is 10.2. The SMILES string of the molecule is Clc1ccc(C[NH+]2CCN(c3ccc4ccccc4[nH+]3)CC2)s1. The number of hydrogen-bond donors (Lipinski definition) is 1. The predicted molar refractivity (Wildman–Crippen MR) is 96.4 cm³/mol. The van der Waals surface area contributed by atoms with E-state index in [0.29, 0.717) is 0 Å². The first-order valence-corrected chi connectivity index (χ1v) is 9.21. The molecule has 0 bridgehead atoms. The Morgan fingerprint density at radius 3 is 2.65 bits per heavy atom. The van der Waals surface area contributed by atoms with Crippen LogP contribution in [0.2, 0.25) is 4.34 Å². The van der Waals surface area contributed by atoms with Crippen LogP contribution in [0.4, 0.5) is 5.82 Å². The van der Waals surface area contributed by atoms with Gasteiger partial charge in [0.15, 0.2) is 0 Å². The van der Waals surface area contributed by atoms with E-state index in [9.17, 15) is 0 Å². The summed E-state index contributed by atoms with van der Waals surface area (Å²) in [5.74, 6) is 1.22. The summed E-state index contributed by atoms with van der Waals surface area (Å²) in [6, 6.07) is 17.0. The molecule has 0 atom stereocenters. The van der Waals surface area contributed by atoms with Crippen LogP contribution in [0.3, 0.4) is 0 Å². The Labute approximate surface area is 145 Å². The number of fused-ring (bicyclic) bond motifs is 1. The quantitative estimate of drug-likeness (QED) is 0.772. The molecule has 2 aromatic heterocycles. The normalized spacial score (nSPS) is 16.1. The van der Waals surface area contributed by atoms with Gasteiger partial charge in [0, 0.05) is 11.5 Å². The third kappa shape index (κ3) is 3.34. The zero-order valence-corrected chi connectivity index (χ0v) is 14.5. The second-order valence-electron chi connectivity index (χ2n) is 6.05. The number of nitrogens with one attached hydrogen (secondary N) is 2. The van der Waals surface area contributed by atoms with E-state index in [2.05, 4.69) is 52.3 Å². The summed E-state index contributed by atoms with van der Waals surface area (Å²) in [5, 5.41) is 1.26. The Morgan fingerprint density at radius 2 is 1.87 bits per heavy atom. The Balaban J connectivity index is 1.42. The topological polar surface area (TPSA) is 21.8 Å². The van der Waals surface area contributed by atoms with Gasteiger partial charge in [-0.25, -0.2) is 4.98 Å². The van der Waals surface area contributed by atoms with Crippen molar-refractivity contribution in [2.24, 2.45) is 0 Å². The highest BCUT2D eigenvalue weighted by Crippen LogP contribution is 2.20. The summed E-state index contributed by atoms with van der Waals surface area (Å²) in [4.78, 5) is 9.05. The van der Waals surface area contributed by atoms with Crippen LogP contribution in [0.5, 0.6) is 0 Å². The lowest BCUT2D eigenvalue weighted by molar-refractivity contribution is -0.914. The first kappa shape index (κ1) is 14.9. The van der Waals surface area contributed by atoms with Crippen LogP contribution in [0.25, 0.3) is 10.9 Å². The van der Waals surface area contributed by atoms with Crippen LogP contribution in [0.15, 0.2) is 48.5 Å². The number of rotatable bonds is 3. The summed E-state index contributed by atoms with van der Waals surface area (Å²) in [6.45, 7) is 5.59. The number of para-hydroxylation sites is 1. The Hall–Kier alpha value is -1.62. The molecule has 0 unspecified atom stereocenters. The molecule has 4 rings (SSSR count). The molecule has 0 saturated carbocycles. The van der Waals surface area contributed by atoms with Gasteiger partial charge in [-0.1, -0.05) is 29.8 Å². The largest absolute Gasteiger partial charge is 0.324 e. The summed E-state index contributed by atoms with van der Waals surface area (Å²) in [5.41, 5.74) is 1.20. The molecule has 0 aliphatic carbocycles. The van der Waals surface area contributed by atoms with Crippen molar-refractivity contribution in [1.29, 1.82) is 0 Å². The van der Waals surface area contributed by atoms with Gasteiger partial charge in [0.1, 0.15) is 38.2 Å². The van der Waals surface area contributed by atoms with Crippen molar-refractivity contribution < 1.29 is 9.88 Å². The number of benzene rings is 1. The first-order chi connectivity index (χ1) is 11.3. The zero-order chi connectivity index (χ0) is 15.6. The molecule has 1 aromatic carbocycles. The highest BCUT2D eigenvalue weighted by atomic mass is 35.5. The second kappa shape index (κ2) is 6.48. The molecule has 1 aliphatic heterocycles. The molecule has 3 heterocycles. The molecule has 1 fully saturated rings. The first-order valence-electron chi connectivity index (χ1n) is 8.02. The minimum atomic E-state index is 0.892. The lowest BCUT2D eigenvalue weighted by Crippen LogP contribution is -3.13. The number of aromatic amines is 1. The van der Waals surface area contributed by atoms with E-state index in [1.54, 1.807) is 16.2 Å². The number of pyridine rings is 1. The maximum Gasteiger partial charge on any atom is 0.275 e. The minimum Gasteiger partial charge on any atom is -0.324 e. The molecule has 23 heavy (non-hydrogen) atoms. The summed E-state index contributed by atoms with van der Waals surface area (Å²) in [6.07, 6.45) is 0. The molecule has 118 valence electrons. The number of anilines is 1.